The van der Waals surface area contributed by atoms with E-state index in [1.54, 1.807) is 12.1 Å². The van der Waals surface area contributed by atoms with E-state index in [1.165, 1.54) is 0 Å². The summed E-state index contributed by atoms with van der Waals surface area (Å²) in [5.74, 6) is 2.49. The van der Waals surface area contributed by atoms with E-state index in [0.29, 0.717) is 16.6 Å². The molecule has 6 nitrogen and oxygen atoms in total. The summed E-state index contributed by atoms with van der Waals surface area (Å²) in [6.07, 6.45) is 3.87. The van der Waals surface area contributed by atoms with Gasteiger partial charge in [0.1, 0.15) is 17.5 Å². The average molecular weight is 402 g/mol. The van der Waals surface area contributed by atoms with E-state index in [1.807, 2.05) is 45.0 Å². The number of aromatic nitrogens is 2. The van der Waals surface area contributed by atoms with Gasteiger partial charge in [-0.15, -0.1) is 0 Å². The highest BCUT2D eigenvalue weighted by molar-refractivity contribution is 6.31. The first-order valence-corrected chi connectivity index (χ1v) is 10.1. The van der Waals surface area contributed by atoms with Gasteiger partial charge in [0.25, 0.3) is 5.91 Å². The monoisotopic (exact) mass is 401 g/mol. The van der Waals surface area contributed by atoms with Crippen LogP contribution >= 0.6 is 11.6 Å². The molecule has 7 heteroatoms. The molecule has 1 aliphatic carbocycles. The van der Waals surface area contributed by atoms with Crippen molar-refractivity contribution in [3.63, 3.8) is 0 Å². The molecule has 1 amide bonds. The molecule has 1 aromatic carbocycles. The summed E-state index contributed by atoms with van der Waals surface area (Å²) in [4.78, 5) is 23.4. The Bertz CT molecular complexity index is 847. The molecule has 2 aromatic rings. The van der Waals surface area contributed by atoms with E-state index in [4.69, 9.17) is 11.6 Å². The van der Waals surface area contributed by atoms with Gasteiger partial charge in [-0.05, 0) is 63.3 Å². The molecule has 1 fully saturated rings. The van der Waals surface area contributed by atoms with Crippen LogP contribution in [-0.4, -0.2) is 42.1 Å². The van der Waals surface area contributed by atoms with Crippen LogP contribution in [0.3, 0.4) is 0 Å². The average Bonchev–Trinajstić information content (AvgIpc) is 2.65. The number of halogens is 1. The maximum Gasteiger partial charge on any atom is 0.251 e. The number of nitrogens with zero attached hydrogens (tertiary/aromatic N) is 3. The largest absolute Gasteiger partial charge is 0.367 e. The maximum absolute atomic E-state index is 12.5. The Kier molecular flexibility index (Phi) is 6.39. The molecule has 1 heterocycles. The highest BCUT2D eigenvalue weighted by Crippen LogP contribution is 2.24. The molecule has 150 valence electrons. The van der Waals surface area contributed by atoms with Gasteiger partial charge in [0, 0.05) is 42.8 Å². The van der Waals surface area contributed by atoms with Gasteiger partial charge in [0.15, 0.2) is 0 Å². The number of aryl methyl sites for hydroxylation is 2. The Balaban J connectivity index is 1.53. The number of nitrogens with one attached hydrogen (secondary N) is 2. The van der Waals surface area contributed by atoms with Crippen LogP contribution in [0.2, 0.25) is 5.02 Å². The summed E-state index contributed by atoms with van der Waals surface area (Å²) in [6.45, 7) is 3.82. The van der Waals surface area contributed by atoms with Crippen LogP contribution in [0.5, 0.6) is 0 Å². The standard InChI is InChI=1S/C21H28ClN5O/c1-13-11-15(5-10-18(13)22)21(28)26-17-8-6-16(7-9-17)25-19-12-20(27(3)4)24-14(2)23-19/h5,10-12,16-17H,6-9H2,1-4H3,(H,26,28)(H,23,24,25). The Morgan fingerprint density at radius 2 is 1.75 bits per heavy atom. The molecule has 1 aromatic heterocycles. The normalized spacial score (nSPS) is 19.2. The quantitative estimate of drug-likeness (QED) is 0.793. The van der Waals surface area contributed by atoms with Crippen LogP contribution in [0.1, 0.15) is 47.4 Å². The summed E-state index contributed by atoms with van der Waals surface area (Å²) in [7, 11) is 3.95. The van der Waals surface area contributed by atoms with Gasteiger partial charge in [-0.2, -0.15) is 0 Å². The van der Waals surface area contributed by atoms with Crippen molar-refractivity contribution in [3.05, 3.63) is 46.2 Å². The molecule has 1 aliphatic rings. The van der Waals surface area contributed by atoms with E-state index in [9.17, 15) is 4.79 Å². The van der Waals surface area contributed by atoms with Crippen LogP contribution in [-0.2, 0) is 0 Å². The Morgan fingerprint density at radius 3 is 2.39 bits per heavy atom. The second-order valence-corrected chi connectivity index (χ2v) is 8.09. The van der Waals surface area contributed by atoms with Gasteiger partial charge in [0.05, 0.1) is 0 Å². The third kappa shape index (κ3) is 5.13. The highest BCUT2D eigenvalue weighted by atomic mass is 35.5. The van der Waals surface area contributed by atoms with Gasteiger partial charge in [0.2, 0.25) is 0 Å². The van der Waals surface area contributed by atoms with Crippen molar-refractivity contribution >= 4 is 29.1 Å². The SMILES string of the molecule is Cc1nc(NC2CCC(NC(=O)c3ccc(Cl)c(C)c3)CC2)cc(N(C)C)n1. The summed E-state index contributed by atoms with van der Waals surface area (Å²) in [6, 6.07) is 7.92. The highest BCUT2D eigenvalue weighted by Gasteiger charge is 2.23. The van der Waals surface area contributed by atoms with Gasteiger partial charge in [-0.25, -0.2) is 9.97 Å². The fourth-order valence-electron chi connectivity index (χ4n) is 3.50. The van der Waals surface area contributed by atoms with Crippen LogP contribution in [0.15, 0.2) is 24.3 Å². The summed E-state index contributed by atoms with van der Waals surface area (Å²) >= 11 is 6.05. The molecule has 0 bridgehead atoms. The minimum absolute atomic E-state index is 0.0294. The summed E-state index contributed by atoms with van der Waals surface area (Å²) in [5.41, 5.74) is 1.58. The lowest BCUT2D eigenvalue weighted by atomic mass is 9.91. The van der Waals surface area contributed by atoms with Crippen LogP contribution in [0, 0.1) is 13.8 Å². The van der Waals surface area contributed by atoms with Crippen molar-refractivity contribution < 1.29 is 4.79 Å². The molecule has 28 heavy (non-hydrogen) atoms. The van der Waals surface area contributed by atoms with E-state index < -0.39 is 0 Å². The third-order valence-corrected chi connectivity index (χ3v) is 5.54. The first kappa shape index (κ1) is 20.4. The zero-order valence-electron chi connectivity index (χ0n) is 16.9. The molecule has 0 atom stereocenters. The van der Waals surface area contributed by atoms with Gasteiger partial charge in [-0.1, -0.05) is 11.6 Å². The molecule has 0 unspecified atom stereocenters. The molecular formula is C21H28ClN5O. The molecule has 0 aliphatic heterocycles. The summed E-state index contributed by atoms with van der Waals surface area (Å²) in [5, 5.41) is 7.37. The molecular weight excluding hydrogens is 374 g/mol. The third-order valence-electron chi connectivity index (χ3n) is 5.12. The molecule has 2 N–H and O–H groups in total. The number of hydrogen-bond donors (Lipinski definition) is 2. The maximum atomic E-state index is 12.5. The van der Waals surface area contributed by atoms with Crippen molar-refractivity contribution in [1.29, 1.82) is 0 Å². The number of carbonyl (C=O) groups excluding carboxylic acids is 1. The fraction of sp³-hybridized carbons (Fsp3) is 0.476. The van der Waals surface area contributed by atoms with Crippen LogP contribution < -0.4 is 15.5 Å². The number of carbonyl (C=O) groups is 1. The molecule has 3 rings (SSSR count). The predicted octanol–water partition coefficient (Wildman–Crippen LogP) is 3.97. The van der Waals surface area contributed by atoms with Gasteiger partial charge in [-0.3, -0.25) is 4.79 Å². The lowest BCUT2D eigenvalue weighted by Crippen LogP contribution is -2.40. The zero-order chi connectivity index (χ0) is 20.3. The van der Waals surface area contributed by atoms with E-state index in [2.05, 4.69) is 20.6 Å². The Hall–Kier alpha value is -2.34. The predicted molar refractivity (Wildman–Crippen MR) is 114 cm³/mol. The van der Waals surface area contributed by atoms with Crippen molar-refractivity contribution in [3.8, 4) is 0 Å². The van der Waals surface area contributed by atoms with E-state index >= 15 is 0 Å². The smallest absolute Gasteiger partial charge is 0.251 e. The number of hydrogen-bond acceptors (Lipinski definition) is 5. The Morgan fingerprint density at radius 1 is 1.07 bits per heavy atom. The molecule has 0 radical (unpaired) electrons. The Labute approximate surface area is 171 Å². The second kappa shape index (κ2) is 8.78. The lowest BCUT2D eigenvalue weighted by Gasteiger charge is -2.30. The minimum Gasteiger partial charge on any atom is -0.367 e. The van der Waals surface area contributed by atoms with Gasteiger partial charge < -0.3 is 15.5 Å². The van der Waals surface area contributed by atoms with Crippen LogP contribution in [0.4, 0.5) is 11.6 Å². The minimum atomic E-state index is -0.0294. The number of rotatable bonds is 5. The van der Waals surface area contributed by atoms with Crippen molar-refractivity contribution in [2.45, 2.75) is 51.6 Å². The van der Waals surface area contributed by atoms with Crippen molar-refractivity contribution in [2.24, 2.45) is 0 Å². The molecule has 1 saturated carbocycles. The summed E-state index contributed by atoms with van der Waals surface area (Å²) < 4.78 is 0. The van der Waals surface area contributed by atoms with Gasteiger partial charge >= 0.3 is 0 Å². The lowest BCUT2D eigenvalue weighted by molar-refractivity contribution is 0.0926. The second-order valence-electron chi connectivity index (χ2n) is 7.68. The van der Waals surface area contributed by atoms with Crippen LogP contribution in [0.25, 0.3) is 0 Å². The van der Waals surface area contributed by atoms with E-state index in [-0.39, 0.29) is 11.9 Å². The number of amides is 1. The molecule has 0 saturated heterocycles. The van der Waals surface area contributed by atoms with Crippen molar-refractivity contribution in [2.75, 3.05) is 24.3 Å². The molecule has 0 spiro atoms. The topological polar surface area (TPSA) is 70.2 Å². The van der Waals surface area contributed by atoms with Crippen molar-refractivity contribution in [1.82, 2.24) is 15.3 Å². The van der Waals surface area contributed by atoms with E-state index in [0.717, 1.165) is 48.7 Å². The first-order chi connectivity index (χ1) is 13.3. The zero-order valence-corrected chi connectivity index (χ0v) is 17.7. The number of anilines is 2. The number of benzene rings is 1. The first-order valence-electron chi connectivity index (χ1n) is 9.68. The fourth-order valence-corrected chi connectivity index (χ4v) is 3.62.